The van der Waals surface area contributed by atoms with E-state index >= 15 is 0 Å². The highest BCUT2D eigenvalue weighted by Crippen LogP contribution is 2.34. The van der Waals surface area contributed by atoms with E-state index in [4.69, 9.17) is 22.1 Å². The molecular formula is C14H11ClF3NO. The van der Waals surface area contributed by atoms with Gasteiger partial charge in [-0.2, -0.15) is 13.2 Å². The molecule has 0 aromatic heterocycles. The molecule has 106 valence electrons. The van der Waals surface area contributed by atoms with Crippen molar-refractivity contribution in [2.75, 3.05) is 0 Å². The Labute approximate surface area is 118 Å². The van der Waals surface area contributed by atoms with Crippen LogP contribution in [0.15, 0.2) is 42.5 Å². The van der Waals surface area contributed by atoms with Crippen LogP contribution in [0.5, 0.6) is 11.5 Å². The molecule has 2 nitrogen and oxygen atoms in total. The van der Waals surface area contributed by atoms with Gasteiger partial charge in [-0.1, -0.05) is 11.6 Å². The summed E-state index contributed by atoms with van der Waals surface area (Å²) in [7, 11) is 0. The molecule has 0 heterocycles. The maximum Gasteiger partial charge on any atom is 0.416 e. The zero-order valence-electron chi connectivity index (χ0n) is 10.2. The quantitative estimate of drug-likeness (QED) is 0.898. The van der Waals surface area contributed by atoms with Crippen molar-refractivity contribution < 1.29 is 17.9 Å². The SMILES string of the molecule is NCc1cc(Oc2ccc(Cl)cc2)ccc1C(F)(F)F. The highest BCUT2D eigenvalue weighted by atomic mass is 35.5. The fourth-order valence-corrected chi connectivity index (χ4v) is 1.84. The molecule has 0 unspecified atom stereocenters. The number of rotatable bonds is 3. The molecule has 2 rings (SSSR count). The van der Waals surface area contributed by atoms with Crippen LogP contribution in [0, 0.1) is 0 Å². The summed E-state index contributed by atoms with van der Waals surface area (Å²) >= 11 is 5.74. The van der Waals surface area contributed by atoms with Crippen molar-refractivity contribution in [2.45, 2.75) is 12.7 Å². The summed E-state index contributed by atoms with van der Waals surface area (Å²) in [6, 6.07) is 10.0. The number of hydrogen-bond acceptors (Lipinski definition) is 2. The summed E-state index contributed by atoms with van der Waals surface area (Å²) in [6.45, 7) is -0.216. The van der Waals surface area contributed by atoms with E-state index in [9.17, 15) is 13.2 Å². The third-order valence-corrected chi connectivity index (χ3v) is 2.90. The number of nitrogens with two attached hydrogens (primary N) is 1. The lowest BCUT2D eigenvalue weighted by atomic mass is 10.1. The molecule has 0 bridgehead atoms. The lowest BCUT2D eigenvalue weighted by Gasteiger charge is -2.13. The predicted octanol–water partition coefficient (Wildman–Crippen LogP) is 4.61. The Morgan fingerprint density at radius 1 is 1.00 bits per heavy atom. The second kappa shape index (κ2) is 5.73. The molecule has 0 fully saturated rings. The molecule has 0 saturated heterocycles. The van der Waals surface area contributed by atoms with E-state index < -0.39 is 11.7 Å². The van der Waals surface area contributed by atoms with Crippen LogP contribution in [0.3, 0.4) is 0 Å². The maximum absolute atomic E-state index is 12.7. The van der Waals surface area contributed by atoms with Gasteiger partial charge in [0.25, 0.3) is 0 Å². The van der Waals surface area contributed by atoms with Gasteiger partial charge in [-0.15, -0.1) is 0 Å². The molecule has 0 atom stereocenters. The Balaban J connectivity index is 2.28. The Hall–Kier alpha value is -1.72. The third-order valence-electron chi connectivity index (χ3n) is 2.65. The monoisotopic (exact) mass is 301 g/mol. The molecule has 0 spiro atoms. The smallest absolute Gasteiger partial charge is 0.416 e. The minimum atomic E-state index is -4.42. The first-order chi connectivity index (χ1) is 9.40. The second-order valence-electron chi connectivity index (χ2n) is 4.08. The summed E-state index contributed by atoms with van der Waals surface area (Å²) in [5.41, 5.74) is 4.60. The number of benzene rings is 2. The van der Waals surface area contributed by atoms with Gasteiger partial charge in [-0.05, 0) is 48.0 Å². The fourth-order valence-electron chi connectivity index (χ4n) is 1.72. The van der Waals surface area contributed by atoms with Gasteiger partial charge in [0, 0.05) is 11.6 Å². The van der Waals surface area contributed by atoms with Gasteiger partial charge in [0.05, 0.1) is 5.56 Å². The Kier molecular flexibility index (Phi) is 4.20. The van der Waals surface area contributed by atoms with E-state index in [1.807, 2.05) is 0 Å². The van der Waals surface area contributed by atoms with Crippen LogP contribution in [-0.2, 0) is 12.7 Å². The molecular weight excluding hydrogens is 291 g/mol. The van der Waals surface area contributed by atoms with E-state index in [2.05, 4.69) is 0 Å². The van der Waals surface area contributed by atoms with E-state index in [-0.39, 0.29) is 12.1 Å². The summed E-state index contributed by atoms with van der Waals surface area (Å²) in [4.78, 5) is 0. The molecule has 2 aromatic rings. The minimum Gasteiger partial charge on any atom is -0.457 e. The topological polar surface area (TPSA) is 35.2 Å². The van der Waals surface area contributed by atoms with Gasteiger partial charge in [0.15, 0.2) is 0 Å². The lowest BCUT2D eigenvalue weighted by Crippen LogP contribution is -2.11. The van der Waals surface area contributed by atoms with Crippen molar-refractivity contribution in [2.24, 2.45) is 5.73 Å². The van der Waals surface area contributed by atoms with Gasteiger partial charge in [0.2, 0.25) is 0 Å². The molecule has 0 radical (unpaired) electrons. The minimum absolute atomic E-state index is 0.0102. The molecule has 20 heavy (non-hydrogen) atoms. The molecule has 0 amide bonds. The first-order valence-corrected chi connectivity index (χ1v) is 6.11. The summed E-state index contributed by atoms with van der Waals surface area (Å²) in [5.74, 6) is 0.776. The summed E-state index contributed by atoms with van der Waals surface area (Å²) < 4.78 is 43.6. The van der Waals surface area contributed by atoms with E-state index in [1.165, 1.54) is 12.1 Å². The van der Waals surface area contributed by atoms with Gasteiger partial charge in [-0.25, -0.2) is 0 Å². The standard InChI is InChI=1S/C14H11ClF3NO/c15-10-1-3-11(4-2-10)20-12-5-6-13(14(16,17)18)9(7-12)8-19/h1-7H,8,19H2. The molecule has 0 aliphatic carbocycles. The largest absolute Gasteiger partial charge is 0.457 e. The molecule has 6 heteroatoms. The van der Waals surface area contributed by atoms with Gasteiger partial charge >= 0.3 is 6.18 Å². The number of alkyl halides is 3. The van der Waals surface area contributed by atoms with Crippen molar-refractivity contribution in [3.05, 3.63) is 58.6 Å². The van der Waals surface area contributed by atoms with Crippen LogP contribution in [0.4, 0.5) is 13.2 Å². The summed E-state index contributed by atoms with van der Waals surface area (Å²) in [6.07, 6.45) is -4.42. The number of halogens is 4. The highest BCUT2D eigenvalue weighted by Gasteiger charge is 2.33. The average Bonchev–Trinajstić information content (AvgIpc) is 2.40. The highest BCUT2D eigenvalue weighted by molar-refractivity contribution is 6.30. The normalized spacial score (nSPS) is 11.4. The van der Waals surface area contributed by atoms with Gasteiger partial charge in [-0.3, -0.25) is 0 Å². The molecule has 2 aromatic carbocycles. The predicted molar refractivity (Wildman–Crippen MR) is 70.9 cm³/mol. The molecule has 0 aliphatic rings. The molecule has 0 saturated carbocycles. The van der Waals surface area contributed by atoms with Gasteiger partial charge < -0.3 is 10.5 Å². The lowest BCUT2D eigenvalue weighted by molar-refractivity contribution is -0.138. The van der Waals surface area contributed by atoms with Crippen molar-refractivity contribution >= 4 is 11.6 Å². The maximum atomic E-state index is 12.7. The zero-order chi connectivity index (χ0) is 14.8. The Morgan fingerprint density at radius 3 is 2.15 bits per heavy atom. The average molecular weight is 302 g/mol. The van der Waals surface area contributed by atoms with E-state index in [1.54, 1.807) is 24.3 Å². The van der Waals surface area contributed by atoms with Crippen molar-refractivity contribution in [3.63, 3.8) is 0 Å². The van der Waals surface area contributed by atoms with Gasteiger partial charge in [0.1, 0.15) is 11.5 Å². The van der Waals surface area contributed by atoms with Crippen LogP contribution < -0.4 is 10.5 Å². The van der Waals surface area contributed by atoms with Crippen LogP contribution in [-0.4, -0.2) is 0 Å². The molecule has 2 N–H and O–H groups in total. The van der Waals surface area contributed by atoms with E-state index in [0.717, 1.165) is 6.07 Å². The zero-order valence-corrected chi connectivity index (χ0v) is 11.0. The number of ether oxygens (including phenoxy) is 1. The second-order valence-corrected chi connectivity index (χ2v) is 4.51. The number of hydrogen-bond donors (Lipinski definition) is 1. The van der Waals surface area contributed by atoms with Crippen LogP contribution >= 0.6 is 11.6 Å². The van der Waals surface area contributed by atoms with Crippen LogP contribution in [0.1, 0.15) is 11.1 Å². The van der Waals surface area contributed by atoms with Crippen LogP contribution in [0.2, 0.25) is 5.02 Å². The fraction of sp³-hybridized carbons (Fsp3) is 0.143. The van der Waals surface area contributed by atoms with Crippen LogP contribution in [0.25, 0.3) is 0 Å². The first kappa shape index (κ1) is 14.7. The molecule has 0 aliphatic heterocycles. The first-order valence-electron chi connectivity index (χ1n) is 5.74. The summed E-state index contributed by atoms with van der Waals surface area (Å²) in [5, 5.41) is 0.549. The van der Waals surface area contributed by atoms with Crippen molar-refractivity contribution in [1.82, 2.24) is 0 Å². The van der Waals surface area contributed by atoms with E-state index in [0.29, 0.717) is 16.5 Å². The van der Waals surface area contributed by atoms with Crippen molar-refractivity contribution in [1.29, 1.82) is 0 Å². The Morgan fingerprint density at radius 2 is 1.60 bits per heavy atom. The Bertz CT molecular complexity index is 596. The van der Waals surface area contributed by atoms with Crippen molar-refractivity contribution in [3.8, 4) is 11.5 Å². The third kappa shape index (κ3) is 3.43.